The van der Waals surface area contributed by atoms with Crippen LogP contribution in [0.5, 0.6) is 0 Å². The summed E-state index contributed by atoms with van der Waals surface area (Å²) in [6, 6.07) is 18.5. The lowest BCUT2D eigenvalue weighted by Crippen LogP contribution is -2.23. The minimum atomic E-state index is 0.602. The molecule has 2 heterocycles. The minimum Gasteiger partial charge on any atom is -0.291 e. The second-order valence-electron chi connectivity index (χ2n) is 5.41. The number of hydrogen-bond acceptors (Lipinski definition) is 1. The first-order valence-electron chi connectivity index (χ1n) is 6.80. The zero-order valence-corrected chi connectivity index (χ0v) is 10.5. The molecule has 0 N–H and O–H groups in total. The first-order valence-corrected chi connectivity index (χ1v) is 6.80. The summed E-state index contributed by atoms with van der Waals surface area (Å²) in [5.74, 6) is 0. The first kappa shape index (κ1) is 10.3. The van der Waals surface area contributed by atoms with E-state index in [2.05, 4.69) is 53.4 Å². The van der Waals surface area contributed by atoms with Crippen LogP contribution < -0.4 is 0 Å². The topological polar surface area (TPSA) is 3.24 Å². The molecule has 1 heteroatoms. The number of benzene rings is 2. The van der Waals surface area contributed by atoms with Crippen molar-refractivity contribution in [1.29, 1.82) is 0 Å². The maximum absolute atomic E-state index is 2.64. The van der Waals surface area contributed by atoms with Crippen molar-refractivity contribution in [3.8, 4) is 0 Å². The first-order chi connectivity index (χ1) is 8.92. The van der Waals surface area contributed by atoms with Crippen LogP contribution in [0.4, 0.5) is 0 Å². The molecule has 0 spiro atoms. The van der Waals surface area contributed by atoms with E-state index in [0.29, 0.717) is 6.04 Å². The largest absolute Gasteiger partial charge is 0.291 e. The average molecular weight is 235 g/mol. The van der Waals surface area contributed by atoms with E-state index in [1.807, 2.05) is 0 Å². The standard InChI is InChI=1S/C17H17N/c1-2-6-14-11-17-16-8-4-3-7-15(16)12-18(17)10-9-13(14)5-1/h1-8,17H,9-12H2. The van der Waals surface area contributed by atoms with Gasteiger partial charge in [-0.2, -0.15) is 0 Å². The summed E-state index contributed by atoms with van der Waals surface area (Å²) < 4.78 is 0. The summed E-state index contributed by atoms with van der Waals surface area (Å²) >= 11 is 0. The fourth-order valence-corrected chi connectivity index (χ4v) is 3.48. The molecular weight excluding hydrogens is 218 g/mol. The Hall–Kier alpha value is -1.60. The van der Waals surface area contributed by atoms with Gasteiger partial charge < -0.3 is 0 Å². The third-order valence-electron chi connectivity index (χ3n) is 4.43. The molecule has 90 valence electrons. The molecule has 0 amide bonds. The molecule has 0 radical (unpaired) electrons. The number of rotatable bonds is 0. The molecule has 0 aromatic heterocycles. The van der Waals surface area contributed by atoms with Crippen LogP contribution in [0.1, 0.15) is 28.3 Å². The van der Waals surface area contributed by atoms with Crippen molar-refractivity contribution >= 4 is 0 Å². The Labute approximate surface area is 108 Å². The highest BCUT2D eigenvalue weighted by Gasteiger charge is 2.31. The second-order valence-corrected chi connectivity index (χ2v) is 5.41. The summed E-state index contributed by atoms with van der Waals surface area (Å²) in [6.45, 7) is 2.32. The Morgan fingerprint density at radius 1 is 0.833 bits per heavy atom. The molecule has 0 saturated carbocycles. The van der Waals surface area contributed by atoms with Crippen molar-refractivity contribution < 1.29 is 0 Å². The van der Waals surface area contributed by atoms with Crippen molar-refractivity contribution in [3.63, 3.8) is 0 Å². The Bertz CT molecular complexity index is 582. The van der Waals surface area contributed by atoms with Crippen molar-refractivity contribution in [2.24, 2.45) is 0 Å². The van der Waals surface area contributed by atoms with Crippen LogP contribution in [0, 0.1) is 0 Å². The zero-order chi connectivity index (χ0) is 11.9. The highest BCUT2D eigenvalue weighted by atomic mass is 15.2. The van der Waals surface area contributed by atoms with E-state index in [1.165, 1.54) is 24.9 Å². The Kier molecular flexibility index (Phi) is 2.27. The van der Waals surface area contributed by atoms with Gasteiger partial charge in [-0.3, -0.25) is 4.90 Å². The smallest absolute Gasteiger partial charge is 0.0395 e. The molecule has 0 saturated heterocycles. The molecule has 18 heavy (non-hydrogen) atoms. The van der Waals surface area contributed by atoms with Gasteiger partial charge in [0.15, 0.2) is 0 Å². The van der Waals surface area contributed by atoms with E-state index in [0.717, 1.165) is 6.54 Å². The van der Waals surface area contributed by atoms with Crippen molar-refractivity contribution in [2.45, 2.75) is 25.4 Å². The molecule has 4 rings (SSSR count). The third-order valence-corrected chi connectivity index (χ3v) is 4.43. The molecule has 0 bridgehead atoms. The fourth-order valence-electron chi connectivity index (χ4n) is 3.48. The van der Waals surface area contributed by atoms with Crippen LogP contribution in [0.15, 0.2) is 48.5 Å². The SMILES string of the molecule is c1ccc2c(c1)CCN1Cc3ccccc3C1C2. The van der Waals surface area contributed by atoms with Crippen molar-refractivity contribution in [1.82, 2.24) is 4.90 Å². The van der Waals surface area contributed by atoms with Gasteiger partial charge in [0, 0.05) is 19.1 Å². The summed E-state index contributed by atoms with van der Waals surface area (Å²) in [5.41, 5.74) is 6.17. The molecule has 1 unspecified atom stereocenters. The molecular formula is C17H17N. The van der Waals surface area contributed by atoms with Gasteiger partial charge in [-0.25, -0.2) is 0 Å². The van der Waals surface area contributed by atoms with Gasteiger partial charge in [0.1, 0.15) is 0 Å². The maximum atomic E-state index is 2.64. The van der Waals surface area contributed by atoms with E-state index >= 15 is 0 Å². The number of fused-ring (bicyclic) bond motifs is 4. The molecule has 0 aliphatic carbocycles. The molecule has 2 aromatic carbocycles. The fraction of sp³-hybridized carbons (Fsp3) is 0.294. The lowest BCUT2D eigenvalue weighted by atomic mass is 9.96. The van der Waals surface area contributed by atoms with E-state index in [4.69, 9.17) is 0 Å². The van der Waals surface area contributed by atoms with Gasteiger partial charge in [-0.05, 0) is 35.1 Å². The van der Waals surface area contributed by atoms with Crippen LogP contribution in [-0.2, 0) is 19.4 Å². The third kappa shape index (κ3) is 1.51. The maximum Gasteiger partial charge on any atom is 0.0395 e. The van der Waals surface area contributed by atoms with Crippen LogP contribution in [0.25, 0.3) is 0 Å². The van der Waals surface area contributed by atoms with E-state index < -0.39 is 0 Å². The van der Waals surface area contributed by atoms with Crippen molar-refractivity contribution in [2.75, 3.05) is 6.54 Å². The number of nitrogens with zero attached hydrogens (tertiary/aromatic N) is 1. The second kappa shape index (κ2) is 3.96. The molecule has 0 fully saturated rings. The lowest BCUT2D eigenvalue weighted by Gasteiger charge is -2.21. The van der Waals surface area contributed by atoms with E-state index in [1.54, 1.807) is 16.7 Å². The van der Waals surface area contributed by atoms with Crippen molar-refractivity contribution in [3.05, 3.63) is 70.8 Å². The van der Waals surface area contributed by atoms with Gasteiger partial charge in [0.25, 0.3) is 0 Å². The van der Waals surface area contributed by atoms with Crippen LogP contribution in [0.2, 0.25) is 0 Å². The Morgan fingerprint density at radius 2 is 1.56 bits per heavy atom. The predicted octanol–water partition coefficient (Wildman–Crippen LogP) is 3.34. The molecule has 1 nitrogen and oxygen atoms in total. The molecule has 2 aliphatic rings. The summed E-state index contributed by atoms with van der Waals surface area (Å²) in [5, 5.41) is 0. The van der Waals surface area contributed by atoms with Gasteiger partial charge in [-0.1, -0.05) is 48.5 Å². The zero-order valence-electron chi connectivity index (χ0n) is 10.5. The van der Waals surface area contributed by atoms with Gasteiger partial charge >= 0.3 is 0 Å². The van der Waals surface area contributed by atoms with Crippen LogP contribution in [0.3, 0.4) is 0 Å². The van der Waals surface area contributed by atoms with Crippen LogP contribution in [-0.4, -0.2) is 11.4 Å². The predicted molar refractivity (Wildman–Crippen MR) is 73.4 cm³/mol. The average Bonchev–Trinajstić information content (AvgIpc) is 2.65. The van der Waals surface area contributed by atoms with E-state index in [-0.39, 0.29) is 0 Å². The number of hydrogen-bond donors (Lipinski definition) is 0. The summed E-state index contributed by atoms with van der Waals surface area (Å²) in [6.07, 6.45) is 2.37. The summed E-state index contributed by atoms with van der Waals surface area (Å²) in [7, 11) is 0. The van der Waals surface area contributed by atoms with Gasteiger partial charge in [0.2, 0.25) is 0 Å². The van der Waals surface area contributed by atoms with Gasteiger partial charge in [0.05, 0.1) is 0 Å². The monoisotopic (exact) mass is 235 g/mol. The minimum absolute atomic E-state index is 0.602. The molecule has 1 atom stereocenters. The van der Waals surface area contributed by atoms with E-state index in [9.17, 15) is 0 Å². The Balaban J connectivity index is 1.78. The Morgan fingerprint density at radius 3 is 2.44 bits per heavy atom. The quantitative estimate of drug-likeness (QED) is 0.677. The highest BCUT2D eigenvalue weighted by Crippen LogP contribution is 2.38. The lowest BCUT2D eigenvalue weighted by molar-refractivity contribution is 0.224. The highest BCUT2D eigenvalue weighted by molar-refractivity contribution is 5.38. The molecule has 2 aromatic rings. The van der Waals surface area contributed by atoms with Gasteiger partial charge in [-0.15, -0.1) is 0 Å². The van der Waals surface area contributed by atoms with Crippen LogP contribution >= 0.6 is 0 Å². The molecule has 2 aliphatic heterocycles. The normalized spacial score (nSPS) is 21.9. The summed E-state index contributed by atoms with van der Waals surface area (Å²) in [4.78, 5) is 2.64.